The maximum atomic E-state index is 11.4. The zero-order chi connectivity index (χ0) is 17.5. The second kappa shape index (κ2) is 8.16. The lowest BCUT2D eigenvalue weighted by Crippen LogP contribution is -2.23. The molecule has 2 rings (SSSR count). The van der Waals surface area contributed by atoms with E-state index in [0.29, 0.717) is 35.0 Å². The second-order valence-corrected chi connectivity index (χ2v) is 4.84. The molecule has 0 saturated carbocycles. The summed E-state index contributed by atoms with van der Waals surface area (Å²) in [6, 6.07) is 5.46. The van der Waals surface area contributed by atoms with Crippen molar-refractivity contribution in [3.05, 3.63) is 42.2 Å². The van der Waals surface area contributed by atoms with Crippen molar-refractivity contribution < 1.29 is 28.7 Å². The molecule has 0 aromatic heterocycles. The number of para-hydroxylation sites is 1. The molecule has 0 amide bonds. The van der Waals surface area contributed by atoms with Gasteiger partial charge in [-0.15, -0.1) is 0 Å². The molecule has 0 spiro atoms. The Bertz CT molecular complexity index is 707. The van der Waals surface area contributed by atoms with Gasteiger partial charge >= 0.3 is 5.97 Å². The lowest BCUT2D eigenvalue weighted by Gasteiger charge is -2.14. The summed E-state index contributed by atoms with van der Waals surface area (Å²) in [6.45, 7) is 1.36. The average molecular weight is 333 g/mol. The summed E-state index contributed by atoms with van der Waals surface area (Å²) in [5.74, 6) is 0.616. The predicted octanol–water partition coefficient (Wildman–Crippen LogP) is 2.72. The predicted molar refractivity (Wildman–Crippen MR) is 89.2 cm³/mol. The number of hydrogen-bond donors (Lipinski definition) is 1. The molecular weight excluding hydrogens is 312 g/mol. The highest BCUT2D eigenvalue weighted by Crippen LogP contribution is 2.35. The summed E-state index contributed by atoms with van der Waals surface area (Å²) < 4.78 is 12.2. The Morgan fingerprint density at radius 2 is 2.04 bits per heavy atom. The van der Waals surface area contributed by atoms with Crippen LogP contribution in [-0.2, 0) is 19.2 Å². The van der Waals surface area contributed by atoms with Gasteiger partial charge in [0.2, 0.25) is 5.76 Å². The van der Waals surface area contributed by atoms with E-state index in [0.717, 1.165) is 0 Å². The number of allylic oxidation sites excluding steroid dienone is 4. The highest BCUT2D eigenvalue weighted by molar-refractivity contribution is 5.99. The molecule has 1 aromatic carbocycles. The number of ether oxygens (including phenoxy) is 2. The summed E-state index contributed by atoms with van der Waals surface area (Å²) in [5.41, 5.74) is 4.73. The van der Waals surface area contributed by atoms with Gasteiger partial charge in [0.1, 0.15) is 7.11 Å². The molecule has 0 fully saturated rings. The summed E-state index contributed by atoms with van der Waals surface area (Å²) in [7, 11) is 4.61. The van der Waals surface area contributed by atoms with Crippen molar-refractivity contribution in [2.24, 2.45) is 0 Å². The molecule has 1 aromatic rings. The zero-order valence-electron chi connectivity index (χ0n) is 14.2. The Morgan fingerprint density at radius 3 is 2.67 bits per heavy atom. The van der Waals surface area contributed by atoms with Gasteiger partial charge in [-0.3, -0.25) is 19.9 Å². The van der Waals surface area contributed by atoms with Crippen LogP contribution in [0.25, 0.3) is 0 Å². The highest BCUT2D eigenvalue weighted by atomic mass is 16.7. The molecule has 128 valence electrons. The monoisotopic (exact) mass is 333 g/mol. The molecule has 1 aliphatic rings. The van der Waals surface area contributed by atoms with Crippen LogP contribution in [0.4, 0.5) is 11.4 Å². The van der Waals surface area contributed by atoms with Crippen LogP contribution in [0.1, 0.15) is 13.3 Å². The first-order valence-electron chi connectivity index (χ1n) is 7.34. The number of esters is 1. The van der Waals surface area contributed by atoms with Crippen LogP contribution in [-0.4, -0.2) is 37.7 Å². The molecule has 0 radical (unpaired) electrons. The lowest BCUT2D eigenvalue weighted by atomic mass is 10.1. The molecule has 0 atom stereocenters. The molecule has 1 aliphatic carbocycles. The third-order valence-electron chi connectivity index (χ3n) is 3.31. The Morgan fingerprint density at radius 1 is 1.25 bits per heavy atom. The Labute approximate surface area is 140 Å². The van der Waals surface area contributed by atoms with E-state index < -0.39 is 5.97 Å². The van der Waals surface area contributed by atoms with Crippen LogP contribution in [0.5, 0.6) is 5.75 Å². The highest BCUT2D eigenvalue weighted by Gasteiger charge is 2.30. The number of benzene rings is 1. The molecule has 0 heterocycles. The Hall–Kier alpha value is -2.80. The molecule has 24 heavy (non-hydrogen) atoms. The molecule has 0 unspecified atom stereocenters. The van der Waals surface area contributed by atoms with E-state index >= 15 is 0 Å². The first kappa shape index (κ1) is 17.6. The van der Waals surface area contributed by atoms with Gasteiger partial charge in [-0.25, -0.2) is 0 Å². The molecular formula is C17H21N2O5+. The zero-order valence-corrected chi connectivity index (χ0v) is 14.2. The Kier molecular flexibility index (Phi) is 5.97. The second-order valence-electron chi connectivity index (χ2n) is 4.84. The van der Waals surface area contributed by atoms with Gasteiger partial charge in [0.05, 0.1) is 20.6 Å². The van der Waals surface area contributed by atoms with E-state index in [1.54, 1.807) is 24.0 Å². The van der Waals surface area contributed by atoms with E-state index in [-0.39, 0.29) is 0 Å². The van der Waals surface area contributed by atoms with Crippen molar-refractivity contribution in [3.8, 4) is 5.75 Å². The van der Waals surface area contributed by atoms with Gasteiger partial charge in [0, 0.05) is 17.7 Å². The first-order chi connectivity index (χ1) is 11.6. The van der Waals surface area contributed by atoms with Gasteiger partial charge in [-0.05, 0) is 12.1 Å². The minimum absolute atomic E-state index is 0.397. The van der Waals surface area contributed by atoms with Crippen molar-refractivity contribution in [3.63, 3.8) is 0 Å². The van der Waals surface area contributed by atoms with Crippen LogP contribution >= 0.6 is 0 Å². The fraction of sp³-hybridized carbons (Fsp3) is 0.294. The van der Waals surface area contributed by atoms with E-state index in [9.17, 15) is 4.79 Å². The molecule has 7 nitrogen and oxygen atoms in total. The summed E-state index contributed by atoms with van der Waals surface area (Å²) in [5, 5.41) is 0. The summed E-state index contributed by atoms with van der Waals surface area (Å²) in [6.07, 6.45) is 6.03. The van der Waals surface area contributed by atoms with Crippen molar-refractivity contribution in [1.29, 1.82) is 0 Å². The van der Waals surface area contributed by atoms with E-state index in [1.165, 1.54) is 21.1 Å². The fourth-order valence-electron chi connectivity index (χ4n) is 2.38. The maximum Gasteiger partial charge on any atom is 0.308 e. The number of anilines is 1. The minimum Gasteiger partial charge on any atom is -0.494 e. The van der Waals surface area contributed by atoms with Crippen LogP contribution < -0.4 is 10.2 Å². The molecule has 7 heteroatoms. The molecule has 0 aliphatic heterocycles. The largest absolute Gasteiger partial charge is 0.494 e. The van der Waals surface area contributed by atoms with Crippen molar-refractivity contribution in [1.82, 2.24) is 0 Å². The number of carbonyl (C=O) groups excluding carboxylic acids is 1. The van der Waals surface area contributed by atoms with Gasteiger partial charge < -0.3 is 9.47 Å². The van der Waals surface area contributed by atoms with Crippen molar-refractivity contribution in [2.45, 2.75) is 13.3 Å². The van der Waals surface area contributed by atoms with Gasteiger partial charge in [-0.2, -0.15) is 0 Å². The van der Waals surface area contributed by atoms with E-state index in [4.69, 9.17) is 19.1 Å². The fourth-order valence-corrected chi connectivity index (χ4v) is 2.38. The maximum absolute atomic E-state index is 11.4. The number of nitrogens with one attached hydrogen (secondary N) is 1. The van der Waals surface area contributed by atoms with Gasteiger partial charge in [0.15, 0.2) is 11.4 Å². The number of nitrogens with zero attached hydrogens (tertiary/aromatic N) is 1. The third kappa shape index (κ3) is 3.75. The van der Waals surface area contributed by atoms with Crippen LogP contribution in [0.3, 0.4) is 0 Å². The summed E-state index contributed by atoms with van der Waals surface area (Å²) in [4.78, 5) is 22.0. The van der Waals surface area contributed by atoms with Crippen molar-refractivity contribution >= 4 is 23.1 Å². The normalized spacial score (nSPS) is 15.4. The van der Waals surface area contributed by atoms with Crippen LogP contribution in [0.15, 0.2) is 42.2 Å². The Balaban J connectivity index is 2.60. The van der Waals surface area contributed by atoms with Crippen molar-refractivity contribution in [2.75, 3.05) is 26.8 Å². The first-order valence-corrected chi connectivity index (χ1v) is 7.34. The molecule has 1 N–H and O–H groups in total. The quantitative estimate of drug-likeness (QED) is 0.490. The average Bonchev–Trinajstić information content (AvgIpc) is 2.58. The van der Waals surface area contributed by atoms with Crippen LogP contribution in [0.2, 0.25) is 0 Å². The number of hydrogen-bond acceptors (Lipinski definition) is 6. The van der Waals surface area contributed by atoms with Gasteiger partial charge in [-0.1, -0.05) is 18.2 Å². The lowest BCUT2D eigenvalue weighted by molar-refractivity contribution is -0.720. The van der Waals surface area contributed by atoms with E-state index in [1.807, 2.05) is 24.3 Å². The standard InChI is InChI=1S/C17H21N2O5/c1-12(20)24-15-10-6-5-8-13(15)19(23-4)14-9-7-11-16(21-2)17(14)18-22-3/h5-7,9-11,18H,8H2,1-4H3/q+1/b19-13-. The smallest absolute Gasteiger partial charge is 0.308 e. The number of carbonyl (C=O) groups is 1. The van der Waals surface area contributed by atoms with Gasteiger partial charge in [0.25, 0.3) is 11.4 Å². The molecule has 0 bridgehead atoms. The topological polar surface area (TPSA) is 69.0 Å². The number of rotatable bonds is 6. The third-order valence-corrected chi connectivity index (χ3v) is 3.31. The van der Waals surface area contributed by atoms with E-state index in [2.05, 4.69) is 5.48 Å². The SMILES string of the molecule is CONc1c(OC)cccc1/[N+](OC)=C1\CC=CC=C1OC(C)=O. The molecule has 0 saturated heterocycles. The minimum atomic E-state index is -0.397. The number of methoxy groups -OCH3 is 1. The van der Waals surface area contributed by atoms with Crippen LogP contribution in [0, 0.1) is 0 Å². The summed E-state index contributed by atoms with van der Waals surface area (Å²) >= 11 is 0.